The molecule has 0 atom stereocenters. The van der Waals surface area contributed by atoms with E-state index in [0.29, 0.717) is 5.56 Å². The lowest BCUT2D eigenvalue weighted by atomic mass is 9.83. The van der Waals surface area contributed by atoms with E-state index in [1.165, 1.54) is 0 Å². The summed E-state index contributed by atoms with van der Waals surface area (Å²) in [6.07, 6.45) is 2.52. The summed E-state index contributed by atoms with van der Waals surface area (Å²) in [6, 6.07) is 7.83. The van der Waals surface area contributed by atoms with Crippen molar-refractivity contribution in [2.24, 2.45) is 0 Å². The first kappa shape index (κ1) is 15.4. The van der Waals surface area contributed by atoms with Crippen molar-refractivity contribution >= 4 is 0 Å². The molecule has 0 spiro atoms. The van der Waals surface area contributed by atoms with Crippen LogP contribution in [0.3, 0.4) is 0 Å². The Labute approximate surface area is 126 Å². The van der Waals surface area contributed by atoms with Gasteiger partial charge in [-0.3, -0.25) is 4.79 Å². The van der Waals surface area contributed by atoms with Crippen molar-refractivity contribution < 1.29 is 4.74 Å². The second-order valence-corrected chi connectivity index (χ2v) is 6.23. The molecule has 0 aliphatic rings. The summed E-state index contributed by atoms with van der Waals surface area (Å²) in [5.74, 6) is 0.932. The molecule has 0 radical (unpaired) electrons. The smallest absolute Gasteiger partial charge is 0.255 e. The van der Waals surface area contributed by atoms with E-state index in [2.05, 4.69) is 44.8 Å². The largest absolute Gasteiger partial charge is 0.496 e. The first-order valence-electron chi connectivity index (χ1n) is 7.28. The minimum Gasteiger partial charge on any atom is -0.496 e. The van der Waals surface area contributed by atoms with Crippen LogP contribution in [0.25, 0.3) is 11.1 Å². The first-order chi connectivity index (χ1) is 9.88. The third kappa shape index (κ3) is 3.02. The maximum Gasteiger partial charge on any atom is 0.255 e. The van der Waals surface area contributed by atoms with Gasteiger partial charge in [0.15, 0.2) is 0 Å². The highest BCUT2D eigenvalue weighted by Crippen LogP contribution is 2.37. The number of hydrogen-bond acceptors (Lipinski definition) is 2. The molecule has 21 heavy (non-hydrogen) atoms. The van der Waals surface area contributed by atoms with Crippen molar-refractivity contribution in [2.75, 3.05) is 7.11 Å². The molecule has 1 aromatic carbocycles. The van der Waals surface area contributed by atoms with E-state index >= 15 is 0 Å². The second kappa shape index (κ2) is 5.76. The molecule has 112 valence electrons. The van der Waals surface area contributed by atoms with Gasteiger partial charge >= 0.3 is 0 Å². The number of nitrogens with one attached hydrogen (secondary N) is 1. The summed E-state index contributed by atoms with van der Waals surface area (Å²) >= 11 is 0. The third-order valence-corrected chi connectivity index (χ3v) is 3.69. The highest BCUT2D eigenvalue weighted by molar-refractivity contribution is 5.67. The molecule has 2 aromatic rings. The molecule has 3 nitrogen and oxygen atoms in total. The Hall–Kier alpha value is -2.03. The Morgan fingerprint density at radius 1 is 1.24 bits per heavy atom. The van der Waals surface area contributed by atoms with Gasteiger partial charge in [-0.1, -0.05) is 27.7 Å². The molecule has 3 heteroatoms. The van der Waals surface area contributed by atoms with Crippen LogP contribution in [-0.2, 0) is 11.8 Å². The molecule has 0 aliphatic carbocycles. The zero-order valence-corrected chi connectivity index (χ0v) is 13.4. The maximum atomic E-state index is 12.0. The lowest BCUT2D eigenvalue weighted by Gasteiger charge is -2.25. The number of pyridine rings is 1. The van der Waals surface area contributed by atoms with Crippen LogP contribution in [0.4, 0.5) is 0 Å². The van der Waals surface area contributed by atoms with Crippen molar-refractivity contribution in [1.29, 1.82) is 0 Å². The number of benzene rings is 1. The molecule has 0 amide bonds. The van der Waals surface area contributed by atoms with E-state index in [9.17, 15) is 4.79 Å². The van der Waals surface area contributed by atoms with E-state index in [1.54, 1.807) is 13.3 Å². The normalized spacial score (nSPS) is 11.5. The van der Waals surface area contributed by atoms with Gasteiger partial charge in [-0.2, -0.15) is 0 Å². The van der Waals surface area contributed by atoms with Gasteiger partial charge in [0.2, 0.25) is 0 Å². The van der Waals surface area contributed by atoms with Crippen LogP contribution < -0.4 is 10.3 Å². The molecule has 0 saturated heterocycles. The number of rotatable bonds is 3. The molecule has 1 heterocycles. The van der Waals surface area contributed by atoms with E-state index in [1.807, 2.05) is 12.1 Å². The highest BCUT2D eigenvalue weighted by Gasteiger charge is 2.22. The van der Waals surface area contributed by atoms with Gasteiger partial charge < -0.3 is 9.72 Å². The molecule has 0 fully saturated rings. The fourth-order valence-electron chi connectivity index (χ4n) is 2.55. The van der Waals surface area contributed by atoms with Crippen LogP contribution in [0.5, 0.6) is 5.75 Å². The fraction of sp³-hybridized carbons (Fsp3) is 0.389. The summed E-state index contributed by atoms with van der Waals surface area (Å²) in [4.78, 5) is 14.8. The Bertz CT molecular complexity index is 693. The van der Waals surface area contributed by atoms with Crippen LogP contribution in [0, 0.1) is 0 Å². The zero-order valence-electron chi connectivity index (χ0n) is 13.4. The quantitative estimate of drug-likeness (QED) is 0.929. The maximum absolute atomic E-state index is 12.0. The highest BCUT2D eigenvalue weighted by atomic mass is 16.5. The lowest BCUT2D eigenvalue weighted by Crippen LogP contribution is -2.15. The van der Waals surface area contributed by atoms with Gasteiger partial charge in [0.25, 0.3) is 5.56 Å². The van der Waals surface area contributed by atoms with Gasteiger partial charge in [-0.15, -0.1) is 0 Å². The standard InChI is InChI=1S/C18H23NO2/c1-6-12-10-13(14-8-7-9-19-17(14)20)11-15(16(12)21-5)18(2,3)4/h7-11H,6H2,1-5H3,(H,19,20). The molecular weight excluding hydrogens is 262 g/mol. The van der Waals surface area contributed by atoms with Gasteiger partial charge in [0.05, 0.1) is 7.11 Å². The average Bonchev–Trinajstić information content (AvgIpc) is 2.45. The summed E-state index contributed by atoms with van der Waals surface area (Å²) in [7, 11) is 1.71. The number of aromatic nitrogens is 1. The van der Waals surface area contributed by atoms with Crippen LogP contribution in [0.1, 0.15) is 38.8 Å². The van der Waals surface area contributed by atoms with Crippen LogP contribution >= 0.6 is 0 Å². The zero-order chi connectivity index (χ0) is 15.6. The van der Waals surface area contributed by atoms with Crippen molar-refractivity contribution in [1.82, 2.24) is 4.98 Å². The van der Waals surface area contributed by atoms with Crippen molar-refractivity contribution in [3.63, 3.8) is 0 Å². The van der Waals surface area contributed by atoms with Gasteiger partial charge in [-0.05, 0) is 47.2 Å². The summed E-state index contributed by atoms with van der Waals surface area (Å²) < 4.78 is 5.63. The van der Waals surface area contributed by atoms with E-state index in [4.69, 9.17) is 4.74 Å². The van der Waals surface area contributed by atoms with E-state index < -0.39 is 0 Å². The number of aromatic amines is 1. The minimum atomic E-state index is -0.0652. The van der Waals surface area contributed by atoms with Crippen LogP contribution in [0.15, 0.2) is 35.3 Å². The minimum absolute atomic E-state index is 0.0488. The third-order valence-electron chi connectivity index (χ3n) is 3.69. The molecular formula is C18H23NO2. The number of H-pyrrole nitrogens is 1. The van der Waals surface area contributed by atoms with Crippen molar-refractivity contribution in [3.05, 3.63) is 51.9 Å². The fourth-order valence-corrected chi connectivity index (χ4v) is 2.55. The molecule has 2 rings (SSSR count). The Kier molecular flexibility index (Phi) is 4.21. The van der Waals surface area contributed by atoms with Gasteiger partial charge in [0.1, 0.15) is 5.75 Å². The predicted molar refractivity (Wildman–Crippen MR) is 87.1 cm³/mol. The topological polar surface area (TPSA) is 42.1 Å². The average molecular weight is 285 g/mol. The molecule has 0 unspecified atom stereocenters. The monoisotopic (exact) mass is 285 g/mol. The van der Waals surface area contributed by atoms with Crippen LogP contribution in [-0.4, -0.2) is 12.1 Å². The van der Waals surface area contributed by atoms with Gasteiger partial charge in [-0.25, -0.2) is 0 Å². The summed E-state index contributed by atoms with van der Waals surface area (Å²) in [5.41, 5.74) is 3.78. The van der Waals surface area contributed by atoms with E-state index in [-0.39, 0.29) is 11.0 Å². The second-order valence-electron chi connectivity index (χ2n) is 6.23. The molecule has 0 saturated carbocycles. The SMILES string of the molecule is CCc1cc(-c2ccc[nH]c2=O)cc(C(C)(C)C)c1OC. The van der Waals surface area contributed by atoms with Crippen LogP contribution in [0.2, 0.25) is 0 Å². The van der Waals surface area contributed by atoms with Crippen molar-refractivity contribution in [2.45, 2.75) is 39.5 Å². The Balaban J connectivity index is 2.76. The number of aryl methyl sites for hydroxylation is 1. The number of hydrogen-bond donors (Lipinski definition) is 1. The molecule has 1 N–H and O–H groups in total. The molecule has 1 aromatic heterocycles. The van der Waals surface area contributed by atoms with E-state index in [0.717, 1.165) is 28.9 Å². The summed E-state index contributed by atoms with van der Waals surface area (Å²) in [5, 5.41) is 0. The summed E-state index contributed by atoms with van der Waals surface area (Å²) in [6.45, 7) is 8.57. The first-order valence-corrected chi connectivity index (χ1v) is 7.28. The lowest BCUT2D eigenvalue weighted by molar-refractivity contribution is 0.393. The Morgan fingerprint density at radius 2 is 1.95 bits per heavy atom. The molecule has 0 aliphatic heterocycles. The van der Waals surface area contributed by atoms with Crippen molar-refractivity contribution in [3.8, 4) is 16.9 Å². The molecule has 0 bridgehead atoms. The predicted octanol–water partition coefficient (Wildman–Crippen LogP) is 3.91. The Morgan fingerprint density at radius 3 is 2.48 bits per heavy atom. The number of ether oxygens (including phenoxy) is 1. The number of methoxy groups -OCH3 is 1. The van der Waals surface area contributed by atoms with Gasteiger partial charge in [0, 0.05) is 17.3 Å².